The van der Waals surface area contributed by atoms with Gasteiger partial charge in [-0.3, -0.25) is 9.59 Å². The molecule has 1 atom stereocenters. The van der Waals surface area contributed by atoms with Crippen LogP contribution in [0.15, 0.2) is 53.5 Å². The highest BCUT2D eigenvalue weighted by Gasteiger charge is 2.30. The summed E-state index contributed by atoms with van der Waals surface area (Å²) in [7, 11) is 0. The number of amidine groups is 1. The third-order valence-electron chi connectivity index (χ3n) is 3.52. The second kappa shape index (κ2) is 7.48. The molecule has 0 unspecified atom stereocenters. The highest BCUT2D eigenvalue weighted by atomic mass is 32.2. The van der Waals surface area contributed by atoms with Crippen LogP contribution < -0.4 is 10.6 Å². The van der Waals surface area contributed by atoms with Crippen LogP contribution in [0.5, 0.6) is 0 Å². The number of hydrogen-bond acceptors (Lipinski definition) is 4. The second-order valence-electron chi connectivity index (χ2n) is 5.61. The lowest BCUT2D eigenvalue weighted by atomic mass is 10.2. The standard InChI is InChI=1S/C18H16FN3O2S/c1-11-5-7-13(8-6-11)21-18-22-16(23)10-15(25-18)17(24)20-14-4-2-3-12(19)9-14/h2-9,15H,10H2,1H3,(H,20,24)(H,21,22,23)/t15-/m1/s1. The molecule has 1 aliphatic heterocycles. The van der Waals surface area contributed by atoms with Gasteiger partial charge in [-0.25, -0.2) is 9.38 Å². The maximum atomic E-state index is 13.2. The minimum absolute atomic E-state index is 0.0404. The fraction of sp³-hybridized carbons (Fsp3) is 0.167. The monoisotopic (exact) mass is 357 g/mol. The Balaban J connectivity index is 1.72. The Morgan fingerprint density at radius 3 is 2.76 bits per heavy atom. The Bertz CT molecular complexity index is 836. The molecule has 7 heteroatoms. The smallest absolute Gasteiger partial charge is 0.238 e. The molecule has 5 nitrogen and oxygen atoms in total. The summed E-state index contributed by atoms with van der Waals surface area (Å²) in [6, 6.07) is 13.1. The molecule has 2 amide bonds. The molecule has 2 aromatic rings. The van der Waals surface area contributed by atoms with Crippen LogP contribution in [0.3, 0.4) is 0 Å². The van der Waals surface area contributed by atoms with Crippen molar-refractivity contribution < 1.29 is 14.0 Å². The predicted molar refractivity (Wildman–Crippen MR) is 97.4 cm³/mol. The molecule has 1 aliphatic rings. The quantitative estimate of drug-likeness (QED) is 0.885. The number of aliphatic imine (C=N–C) groups is 1. The van der Waals surface area contributed by atoms with Crippen molar-refractivity contribution in [2.75, 3.05) is 5.32 Å². The molecule has 2 N–H and O–H groups in total. The summed E-state index contributed by atoms with van der Waals surface area (Å²) in [6.45, 7) is 1.97. The van der Waals surface area contributed by atoms with E-state index in [0.717, 1.165) is 5.56 Å². The lowest BCUT2D eigenvalue weighted by Gasteiger charge is -2.22. The lowest BCUT2D eigenvalue weighted by Crippen LogP contribution is -2.41. The van der Waals surface area contributed by atoms with Gasteiger partial charge in [-0.15, -0.1) is 0 Å². The van der Waals surface area contributed by atoms with Gasteiger partial charge in [0.15, 0.2) is 5.17 Å². The number of carbonyl (C=O) groups excluding carboxylic acids is 2. The molecule has 1 saturated heterocycles. The van der Waals surface area contributed by atoms with Crippen LogP contribution >= 0.6 is 11.8 Å². The first-order chi connectivity index (χ1) is 12.0. The third kappa shape index (κ3) is 4.67. The molecule has 0 spiro atoms. The molecule has 0 aromatic heterocycles. The first-order valence-corrected chi connectivity index (χ1v) is 8.56. The van der Waals surface area contributed by atoms with E-state index < -0.39 is 11.1 Å². The molecule has 2 aromatic carbocycles. The SMILES string of the molecule is Cc1ccc(N=C2NC(=O)C[C@H](C(=O)Nc3cccc(F)c3)S2)cc1. The van der Waals surface area contributed by atoms with Gasteiger partial charge in [-0.2, -0.15) is 0 Å². The van der Waals surface area contributed by atoms with Crippen molar-refractivity contribution in [2.45, 2.75) is 18.6 Å². The topological polar surface area (TPSA) is 70.6 Å². The third-order valence-corrected chi connectivity index (χ3v) is 4.60. The van der Waals surface area contributed by atoms with E-state index in [4.69, 9.17) is 0 Å². The maximum absolute atomic E-state index is 13.2. The highest BCUT2D eigenvalue weighted by Crippen LogP contribution is 2.25. The van der Waals surface area contributed by atoms with E-state index in [9.17, 15) is 14.0 Å². The van der Waals surface area contributed by atoms with Crippen LogP contribution in [-0.4, -0.2) is 22.2 Å². The van der Waals surface area contributed by atoms with Gasteiger partial charge >= 0.3 is 0 Å². The molecule has 0 aliphatic carbocycles. The minimum atomic E-state index is -0.624. The number of anilines is 1. The maximum Gasteiger partial charge on any atom is 0.238 e. The summed E-state index contributed by atoms with van der Waals surface area (Å²) in [6.07, 6.45) is 0.0404. The number of hydrogen-bond donors (Lipinski definition) is 2. The number of aryl methyl sites for hydroxylation is 1. The Kier molecular flexibility index (Phi) is 5.14. The number of nitrogens with zero attached hydrogens (tertiary/aromatic N) is 1. The zero-order valence-corrected chi connectivity index (χ0v) is 14.3. The molecule has 1 heterocycles. The molecule has 0 saturated carbocycles. The van der Waals surface area contributed by atoms with Crippen LogP contribution in [0.2, 0.25) is 0 Å². The summed E-state index contributed by atoms with van der Waals surface area (Å²) in [5.74, 6) is -1.07. The molecular weight excluding hydrogens is 341 g/mol. The number of rotatable bonds is 3. The van der Waals surface area contributed by atoms with Crippen LogP contribution in [0.25, 0.3) is 0 Å². The average molecular weight is 357 g/mol. The minimum Gasteiger partial charge on any atom is -0.325 e. The number of thioether (sulfide) groups is 1. The van der Waals surface area contributed by atoms with Crippen molar-refractivity contribution in [2.24, 2.45) is 4.99 Å². The van der Waals surface area contributed by atoms with Crippen molar-refractivity contribution in [1.29, 1.82) is 0 Å². The van der Waals surface area contributed by atoms with Crippen LogP contribution in [0.4, 0.5) is 15.8 Å². The van der Waals surface area contributed by atoms with E-state index >= 15 is 0 Å². The van der Waals surface area contributed by atoms with Crippen molar-refractivity contribution in [3.05, 3.63) is 59.9 Å². The van der Waals surface area contributed by atoms with Crippen LogP contribution in [-0.2, 0) is 9.59 Å². The van der Waals surface area contributed by atoms with E-state index in [-0.39, 0.29) is 18.2 Å². The van der Waals surface area contributed by atoms with Gasteiger partial charge in [0.05, 0.1) is 5.69 Å². The second-order valence-corrected chi connectivity index (χ2v) is 6.80. The molecule has 3 rings (SSSR count). The van der Waals surface area contributed by atoms with E-state index in [1.165, 1.54) is 30.0 Å². The van der Waals surface area contributed by atoms with Gasteiger partial charge in [0, 0.05) is 12.1 Å². The number of amides is 2. The molecular formula is C18H16FN3O2S. The molecule has 1 fully saturated rings. The summed E-state index contributed by atoms with van der Waals surface area (Å²) in [4.78, 5) is 28.6. The number of benzene rings is 2. The first kappa shape index (κ1) is 17.2. The fourth-order valence-corrected chi connectivity index (χ4v) is 3.27. The molecule has 0 bridgehead atoms. The Hall–Kier alpha value is -2.67. The summed E-state index contributed by atoms with van der Waals surface area (Å²) >= 11 is 1.18. The van der Waals surface area contributed by atoms with E-state index in [1.54, 1.807) is 6.07 Å². The largest absolute Gasteiger partial charge is 0.325 e. The van der Waals surface area contributed by atoms with Gasteiger partial charge in [-0.05, 0) is 37.3 Å². The number of carbonyl (C=O) groups is 2. The fourth-order valence-electron chi connectivity index (χ4n) is 2.27. The normalized spacial score (nSPS) is 18.7. The zero-order valence-electron chi connectivity index (χ0n) is 13.5. The van der Waals surface area contributed by atoms with Gasteiger partial charge < -0.3 is 10.6 Å². The van der Waals surface area contributed by atoms with Crippen molar-refractivity contribution >= 4 is 40.1 Å². The molecule has 0 radical (unpaired) electrons. The van der Waals surface area contributed by atoms with Crippen molar-refractivity contribution in [3.8, 4) is 0 Å². The number of nitrogens with one attached hydrogen (secondary N) is 2. The summed E-state index contributed by atoms with van der Waals surface area (Å²) in [5, 5.41) is 5.05. The average Bonchev–Trinajstić information content (AvgIpc) is 2.56. The van der Waals surface area contributed by atoms with E-state index in [2.05, 4.69) is 15.6 Å². The number of halogens is 1. The predicted octanol–water partition coefficient (Wildman–Crippen LogP) is 3.38. The summed E-state index contributed by atoms with van der Waals surface area (Å²) < 4.78 is 13.2. The van der Waals surface area contributed by atoms with Gasteiger partial charge in [0.2, 0.25) is 11.8 Å². The Morgan fingerprint density at radius 2 is 2.04 bits per heavy atom. The van der Waals surface area contributed by atoms with Crippen molar-refractivity contribution in [3.63, 3.8) is 0 Å². The summed E-state index contributed by atoms with van der Waals surface area (Å²) in [5.41, 5.74) is 2.16. The lowest BCUT2D eigenvalue weighted by molar-refractivity contribution is -0.123. The van der Waals surface area contributed by atoms with Gasteiger partial charge in [0.25, 0.3) is 0 Å². The van der Waals surface area contributed by atoms with E-state index in [1.807, 2.05) is 31.2 Å². The van der Waals surface area contributed by atoms with Crippen molar-refractivity contribution in [1.82, 2.24) is 5.32 Å². The molecule has 25 heavy (non-hydrogen) atoms. The van der Waals surface area contributed by atoms with Crippen LogP contribution in [0.1, 0.15) is 12.0 Å². The van der Waals surface area contributed by atoms with Gasteiger partial charge in [0.1, 0.15) is 11.1 Å². The highest BCUT2D eigenvalue weighted by molar-refractivity contribution is 8.15. The van der Waals surface area contributed by atoms with E-state index in [0.29, 0.717) is 16.5 Å². The molecule has 128 valence electrons. The van der Waals surface area contributed by atoms with Crippen LogP contribution in [0, 0.1) is 12.7 Å². The Labute approximate surface area is 148 Å². The zero-order chi connectivity index (χ0) is 17.8. The first-order valence-electron chi connectivity index (χ1n) is 7.68. The Morgan fingerprint density at radius 1 is 1.28 bits per heavy atom. The van der Waals surface area contributed by atoms with Gasteiger partial charge in [-0.1, -0.05) is 35.5 Å².